The molecule has 7 nitrogen and oxygen atoms in total. The van der Waals surface area contributed by atoms with Crippen LogP contribution < -0.4 is 15.6 Å². The Morgan fingerprint density at radius 1 is 1.48 bits per heavy atom. The van der Waals surface area contributed by atoms with Crippen LogP contribution >= 0.6 is 0 Å². The number of carbonyl (C=O) groups is 1. The summed E-state index contributed by atoms with van der Waals surface area (Å²) in [4.78, 5) is 11.6. The summed E-state index contributed by atoms with van der Waals surface area (Å²) in [5, 5.41) is -1.20. The SMILES string of the molecule is COC(=O)C1CNNC1S(=O)(=O)Nc1ccc(C)c(F)c1. The molecule has 1 fully saturated rings. The lowest BCUT2D eigenvalue weighted by molar-refractivity contribution is -0.144. The highest BCUT2D eigenvalue weighted by molar-refractivity contribution is 7.93. The van der Waals surface area contributed by atoms with E-state index in [1.54, 1.807) is 6.92 Å². The van der Waals surface area contributed by atoms with Crippen LogP contribution in [-0.4, -0.2) is 33.4 Å². The van der Waals surface area contributed by atoms with Gasteiger partial charge in [-0.2, -0.15) is 0 Å². The zero-order valence-electron chi connectivity index (χ0n) is 11.5. The molecule has 2 rings (SSSR count). The first-order valence-electron chi connectivity index (χ1n) is 6.19. The predicted molar refractivity (Wildman–Crippen MR) is 74.1 cm³/mol. The molecule has 9 heteroatoms. The van der Waals surface area contributed by atoms with Crippen molar-refractivity contribution in [1.82, 2.24) is 10.9 Å². The van der Waals surface area contributed by atoms with Crippen LogP contribution in [0.1, 0.15) is 5.56 Å². The summed E-state index contributed by atoms with van der Waals surface area (Å²) in [5.41, 5.74) is 5.62. The number of anilines is 1. The van der Waals surface area contributed by atoms with Gasteiger partial charge in [-0.05, 0) is 24.6 Å². The molecule has 0 saturated carbocycles. The van der Waals surface area contributed by atoms with Crippen LogP contribution in [0.25, 0.3) is 0 Å². The van der Waals surface area contributed by atoms with E-state index in [4.69, 9.17) is 0 Å². The van der Waals surface area contributed by atoms with E-state index >= 15 is 0 Å². The van der Waals surface area contributed by atoms with Gasteiger partial charge in [0.1, 0.15) is 11.7 Å². The maximum Gasteiger partial charge on any atom is 0.312 e. The molecular formula is C12H16FN3O4S. The first-order chi connectivity index (χ1) is 9.85. The normalized spacial score (nSPS) is 22.0. The van der Waals surface area contributed by atoms with Gasteiger partial charge in [0.25, 0.3) is 10.0 Å². The van der Waals surface area contributed by atoms with Crippen molar-refractivity contribution < 1.29 is 22.3 Å². The van der Waals surface area contributed by atoms with Gasteiger partial charge in [0.05, 0.1) is 12.8 Å². The summed E-state index contributed by atoms with van der Waals surface area (Å²) in [7, 11) is -2.75. The fraction of sp³-hybridized carbons (Fsp3) is 0.417. The molecule has 0 aliphatic carbocycles. The number of carbonyl (C=O) groups excluding carboxylic acids is 1. The van der Waals surface area contributed by atoms with E-state index in [0.29, 0.717) is 5.56 Å². The lowest BCUT2D eigenvalue weighted by atomic mass is 10.2. The number of hydrogen-bond acceptors (Lipinski definition) is 6. The summed E-state index contributed by atoms with van der Waals surface area (Å²) >= 11 is 0. The maximum absolute atomic E-state index is 13.5. The number of hydrazine groups is 1. The molecule has 1 aromatic rings. The molecule has 0 spiro atoms. The second-order valence-corrected chi connectivity index (χ2v) is 6.49. The quantitative estimate of drug-likeness (QED) is 0.682. The number of halogens is 1. The molecule has 1 saturated heterocycles. The third-order valence-corrected chi connectivity index (χ3v) is 4.84. The van der Waals surface area contributed by atoms with Crippen molar-refractivity contribution in [2.75, 3.05) is 18.4 Å². The fourth-order valence-electron chi connectivity index (χ4n) is 2.01. The second kappa shape index (κ2) is 5.96. The Bertz CT molecular complexity index is 650. The van der Waals surface area contributed by atoms with Gasteiger partial charge in [0, 0.05) is 6.54 Å². The molecular weight excluding hydrogens is 301 g/mol. The van der Waals surface area contributed by atoms with E-state index in [1.165, 1.54) is 19.2 Å². The molecule has 21 heavy (non-hydrogen) atoms. The number of ether oxygens (including phenoxy) is 1. The number of sulfonamides is 1. The van der Waals surface area contributed by atoms with Crippen molar-refractivity contribution in [3.05, 3.63) is 29.6 Å². The Kier molecular flexibility index (Phi) is 4.45. The Labute approximate surface area is 121 Å². The van der Waals surface area contributed by atoms with Crippen molar-refractivity contribution in [1.29, 1.82) is 0 Å². The van der Waals surface area contributed by atoms with Crippen LogP contribution in [0.2, 0.25) is 0 Å². The van der Waals surface area contributed by atoms with E-state index in [0.717, 1.165) is 6.07 Å². The van der Waals surface area contributed by atoms with E-state index in [2.05, 4.69) is 20.3 Å². The molecule has 1 aliphatic heterocycles. The first kappa shape index (κ1) is 15.7. The lowest BCUT2D eigenvalue weighted by Gasteiger charge is -2.18. The topological polar surface area (TPSA) is 96.5 Å². The molecule has 0 bridgehead atoms. The lowest BCUT2D eigenvalue weighted by Crippen LogP contribution is -2.44. The minimum absolute atomic E-state index is 0.0930. The van der Waals surface area contributed by atoms with Gasteiger partial charge < -0.3 is 4.74 Å². The van der Waals surface area contributed by atoms with Gasteiger partial charge in [-0.1, -0.05) is 6.07 Å². The summed E-state index contributed by atoms with van der Waals surface area (Å²) in [6.45, 7) is 1.70. The van der Waals surface area contributed by atoms with Gasteiger partial charge in [-0.3, -0.25) is 14.9 Å². The van der Waals surface area contributed by atoms with Crippen molar-refractivity contribution in [3.63, 3.8) is 0 Å². The van der Waals surface area contributed by atoms with Crippen LogP contribution in [0, 0.1) is 18.7 Å². The molecule has 2 unspecified atom stereocenters. The Balaban J connectivity index is 2.21. The molecule has 1 aromatic carbocycles. The van der Waals surface area contributed by atoms with Gasteiger partial charge in [0.15, 0.2) is 5.37 Å². The molecule has 3 N–H and O–H groups in total. The zero-order chi connectivity index (χ0) is 15.6. The third kappa shape index (κ3) is 3.31. The number of hydrogen-bond donors (Lipinski definition) is 3. The average molecular weight is 317 g/mol. The minimum atomic E-state index is -3.94. The Morgan fingerprint density at radius 2 is 2.19 bits per heavy atom. The van der Waals surface area contributed by atoms with Crippen LogP contribution in [0.3, 0.4) is 0 Å². The van der Waals surface area contributed by atoms with Crippen molar-refractivity contribution in [2.45, 2.75) is 12.3 Å². The summed E-state index contributed by atoms with van der Waals surface area (Å²) in [6.07, 6.45) is 0. The summed E-state index contributed by atoms with van der Waals surface area (Å²) in [5.74, 6) is -2.04. The van der Waals surface area contributed by atoms with Gasteiger partial charge in [0.2, 0.25) is 0 Å². The smallest absolute Gasteiger partial charge is 0.312 e. The van der Waals surface area contributed by atoms with Gasteiger partial charge in [-0.15, -0.1) is 0 Å². The highest BCUT2D eigenvalue weighted by atomic mass is 32.2. The molecule has 0 radical (unpaired) electrons. The zero-order valence-corrected chi connectivity index (χ0v) is 12.3. The molecule has 1 aliphatic rings. The Morgan fingerprint density at radius 3 is 2.81 bits per heavy atom. The number of rotatable bonds is 4. The second-order valence-electron chi connectivity index (χ2n) is 4.69. The third-order valence-electron chi connectivity index (χ3n) is 3.20. The van der Waals surface area contributed by atoms with Crippen molar-refractivity contribution in [3.8, 4) is 0 Å². The largest absolute Gasteiger partial charge is 0.469 e. The van der Waals surface area contributed by atoms with Crippen molar-refractivity contribution >= 4 is 21.7 Å². The van der Waals surface area contributed by atoms with Gasteiger partial charge >= 0.3 is 5.97 Å². The monoisotopic (exact) mass is 317 g/mol. The number of aryl methyl sites for hydroxylation is 1. The number of benzene rings is 1. The van der Waals surface area contributed by atoms with Crippen LogP contribution in [0.4, 0.5) is 10.1 Å². The number of nitrogens with one attached hydrogen (secondary N) is 3. The average Bonchev–Trinajstić information content (AvgIpc) is 2.92. The first-order valence-corrected chi connectivity index (χ1v) is 7.74. The van der Waals surface area contributed by atoms with Gasteiger partial charge in [-0.25, -0.2) is 18.2 Å². The van der Waals surface area contributed by atoms with Crippen LogP contribution in [0.5, 0.6) is 0 Å². The molecule has 0 amide bonds. The highest BCUT2D eigenvalue weighted by Crippen LogP contribution is 2.20. The summed E-state index contributed by atoms with van der Waals surface area (Å²) < 4.78 is 44.9. The number of methoxy groups -OCH3 is 1. The van der Waals surface area contributed by atoms with Crippen molar-refractivity contribution in [2.24, 2.45) is 5.92 Å². The van der Waals surface area contributed by atoms with Crippen LogP contribution in [-0.2, 0) is 19.6 Å². The van der Waals surface area contributed by atoms with E-state index in [9.17, 15) is 17.6 Å². The molecule has 2 atom stereocenters. The highest BCUT2D eigenvalue weighted by Gasteiger charge is 2.42. The predicted octanol–water partition coefficient (Wildman–Crippen LogP) is 0.0989. The van der Waals surface area contributed by atoms with E-state index < -0.39 is 33.1 Å². The number of esters is 1. The molecule has 1 heterocycles. The Hall–Kier alpha value is -1.71. The van der Waals surface area contributed by atoms with Crippen LogP contribution in [0.15, 0.2) is 18.2 Å². The molecule has 0 aromatic heterocycles. The standard InChI is InChI=1S/C12H16FN3O4S/c1-7-3-4-8(5-10(7)13)16-21(18,19)11-9(6-14-15-11)12(17)20-2/h3-5,9,11,14-16H,6H2,1-2H3. The maximum atomic E-state index is 13.5. The summed E-state index contributed by atoms with van der Waals surface area (Å²) in [6, 6.07) is 4.00. The van der Waals surface area contributed by atoms with E-state index in [1.807, 2.05) is 0 Å². The van der Waals surface area contributed by atoms with E-state index in [-0.39, 0.29) is 12.2 Å². The fourth-order valence-corrected chi connectivity index (χ4v) is 3.47. The molecule has 116 valence electrons. The minimum Gasteiger partial charge on any atom is -0.469 e.